The van der Waals surface area contributed by atoms with E-state index in [9.17, 15) is 0 Å². The number of rotatable bonds is 9. The normalized spacial score (nSPS) is 18.6. The van der Waals surface area contributed by atoms with Gasteiger partial charge in [0, 0.05) is 31.7 Å². The Balaban J connectivity index is 0.00000320. The first-order valence-corrected chi connectivity index (χ1v) is 10.7. The van der Waals surface area contributed by atoms with Gasteiger partial charge < -0.3 is 29.6 Å². The van der Waals surface area contributed by atoms with Crippen molar-refractivity contribution in [2.45, 2.75) is 45.1 Å². The van der Waals surface area contributed by atoms with Crippen LogP contribution in [0.3, 0.4) is 0 Å². The second kappa shape index (κ2) is 12.6. The smallest absolute Gasteiger partial charge is 0.191 e. The van der Waals surface area contributed by atoms with E-state index in [1.165, 1.54) is 5.56 Å². The van der Waals surface area contributed by atoms with Gasteiger partial charge in [-0.3, -0.25) is 4.99 Å². The quantitative estimate of drug-likeness (QED) is 0.220. The minimum Gasteiger partial charge on any atom is -0.486 e. The fourth-order valence-electron chi connectivity index (χ4n) is 3.35. The first-order valence-electron chi connectivity index (χ1n) is 10.7. The summed E-state index contributed by atoms with van der Waals surface area (Å²) < 4.78 is 22.5. The second-order valence-electron chi connectivity index (χ2n) is 8.07. The summed E-state index contributed by atoms with van der Waals surface area (Å²) in [7, 11) is 0. The Labute approximate surface area is 197 Å². The van der Waals surface area contributed by atoms with Gasteiger partial charge in [-0.1, -0.05) is 19.9 Å². The molecule has 0 bridgehead atoms. The Bertz CT molecular complexity index is 678. The zero-order chi connectivity index (χ0) is 20.5. The third-order valence-corrected chi connectivity index (χ3v) is 5.16. The third kappa shape index (κ3) is 7.46. The van der Waals surface area contributed by atoms with E-state index in [-0.39, 0.29) is 35.5 Å². The van der Waals surface area contributed by atoms with Crippen molar-refractivity contribution in [3.05, 3.63) is 23.8 Å². The number of nitrogens with one attached hydrogen (secondary N) is 2. The van der Waals surface area contributed by atoms with Crippen molar-refractivity contribution in [1.82, 2.24) is 10.6 Å². The molecule has 0 spiro atoms. The molecule has 170 valence electrons. The van der Waals surface area contributed by atoms with Crippen LogP contribution in [-0.4, -0.2) is 64.7 Å². The van der Waals surface area contributed by atoms with Crippen molar-refractivity contribution in [3.8, 4) is 11.5 Å². The predicted octanol–water partition coefficient (Wildman–Crippen LogP) is 3.10. The Morgan fingerprint density at radius 1 is 1.17 bits per heavy atom. The molecule has 7 nitrogen and oxygen atoms in total. The van der Waals surface area contributed by atoms with E-state index in [4.69, 9.17) is 23.9 Å². The average molecular weight is 533 g/mol. The summed E-state index contributed by atoms with van der Waals surface area (Å²) in [6.45, 7) is 12.3. The molecule has 1 fully saturated rings. The van der Waals surface area contributed by atoms with Gasteiger partial charge in [0.25, 0.3) is 0 Å². The molecule has 0 amide bonds. The lowest BCUT2D eigenvalue weighted by atomic mass is 9.84. The second-order valence-corrected chi connectivity index (χ2v) is 8.07. The Morgan fingerprint density at radius 2 is 1.97 bits per heavy atom. The maximum atomic E-state index is 5.81. The summed E-state index contributed by atoms with van der Waals surface area (Å²) in [5, 5.41) is 6.72. The molecule has 0 saturated carbocycles. The SMILES string of the molecule is CCNC(=NCC(C)(C)c1ccc2c(c1)OCCO2)NCCCOC1CCOC1.I. The summed E-state index contributed by atoms with van der Waals surface area (Å²) in [5.41, 5.74) is 1.07. The van der Waals surface area contributed by atoms with E-state index < -0.39 is 0 Å². The fourth-order valence-corrected chi connectivity index (χ4v) is 3.35. The predicted molar refractivity (Wildman–Crippen MR) is 130 cm³/mol. The number of halogens is 1. The van der Waals surface area contributed by atoms with E-state index in [2.05, 4.69) is 43.5 Å². The summed E-state index contributed by atoms with van der Waals surface area (Å²) in [6.07, 6.45) is 2.21. The Hall–Kier alpha value is -1.26. The number of aliphatic imine (C=N–C) groups is 1. The van der Waals surface area contributed by atoms with Crippen LogP contribution in [0.2, 0.25) is 0 Å². The molecule has 2 N–H and O–H groups in total. The molecule has 1 saturated heterocycles. The maximum Gasteiger partial charge on any atom is 0.191 e. The monoisotopic (exact) mass is 533 g/mol. The van der Waals surface area contributed by atoms with Crippen molar-refractivity contribution < 1.29 is 18.9 Å². The lowest BCUT2D eigenvalue weighted by Crippen LogP contribution is -2.39. The van der Waals surface area contributed by atoms with Gasteiger partial charge in [0.05, 0.1) is 19.3 Å². The minimum atomic E-state index is -0.121. The fraction of sp³-hybridized carbons (Fsp3) is 0.682. The molecular formula is C22H36IN3O4. The van der Waals surface area contributed by atoms with Crippen molar-refractivity contribution in [1.29, 1.82) is 0 Å². The van der Waals surface area contributed by atoms with Gasteiger partial charge in [0.15, 0.2) is 17.5 Å². The molecule has 1 aromatic carbocycles. The number of hydrogen-bond donors (Lipinski definition) is 2. The molecule has 0 aromatic heterocycles. The number of guanidine groups is 1. The average Bonchev–Trinajstić information content (AvgIpc) is 3.25. The van der Waals surface area contributed by atoms with Gasteiger partial charge in [-0.05, 0) is 37.5 Å². The van der Waals surface area contributed by atoms with Gasteiger partial charge in [-0.25, -0.2) is 0 Å². The van der Waals surface area contributed by atoms with Crippen molar-refractivity contribution >= 4 is 29.9 Å². The molecule has 2 heterocycles. The molecule has 1 aromatic rings. The molecule has 1 atom stereocenters. The lowest BCUT2D eigenvalue weighted by Gasteiger charge is -2.26. The van der Waals surface area contributed by atoms with Crippen LogP contribution < -0.4 is 20.1 Å². The van der Waals surface area contributed by atoms with E-state index >= 15 is 0 Å². The molecule has 2 aliphatic rings. The first kappa shape index (κ1) is 25.0. The molecule has 2 aliphatic heterocycles. The molecule has 0 aliphatic carbocycles. The maximum absolute atomic E-state index is 5.81. The topological polar surface area (TPSA) is 73.3 Å². The van der Waals surface area contributed by atoms with E-state index in [0.29, 0.717) is 19.8 Å². The first-order chi connectivity index (χ1) is 14.1. The largest absolute Gasteiger partial charge is 0.486 e. The highest BCUT2D eigenvalue weighted by Crippen LogP contribution is 2.35. The Kier molecular flexibility index (Phi) is 10.5. The standard InChI is InChI=1S/C22H35N3O4.HI/c1-4-23-21(24-9-5-10-27-18-8-11-26-15-18)25-16-22(2,3)17-6-7-19-20(14-17)29-13-12-28-19;/h6-7,14,18H,4-5,8-13,15-16H2,1-3H3,(H2,23,24,25);1H. The zero-order valence-corrected chi connectivity index (χ0v) is 20.7. The van der Waals surface area contributed by atoms with Crippen LogP contribution in [0.15, 0.2) is 23.2 Å². The molecule has 3 rings (SSSR count). The van der Waals surface area contributed by atoms with Crippen LogP contribution in [0.25, 0.3) is 0 Å². The van der Waals surface area contributed by atoms with Crippen molar-refractivity contribution in [2.75, 3.05) is 52.7 Å². The van der Waals surface area contributed by atoms with Crippen LogP contribution >= 0.6 is 24.0 Å². The number of hydrogen-bond acceptors (Lipinski definition) is 5. The summed E-state index contributed by atoms with van der Waals surface area (Å²) in [5.74, 6) is 2.48. The Morgan fingerprint density at radius 3 is 2.70 bits per heavy atom. The van der Waals surface area contributed by atoms with Crippen LogP contribution in [0.5, 0.6) is 11.5 Å². The van der Waals surface area contributed by atoms with Crippen LogP contribution in [-0.2, 0) is 14.9 Å². The molecule has 8 heteroatoms. The van der Waals surface area contributed by atoms with Gasteiger partial charge >= 0.3 is 0 Å². The number of nitrogens with zero attached hydrogens (tertiary/aromatic N) is 1. The highest BCUT2D eigenvalue weighted by Gasteiger charge is 2.23. The summed E-state index contributed by atoms with van der Waals surface area (Å²) in [4.78, 5) is 4.81. The van der Waals surface area contributed by atoms with Gasteiger partial charge in [0.2, 0.25) is 0 Å². The number of benzene rings is 1. The van der Waals surface area contributed by atoms with Gasteiger partial charge in [0.1, 0.15) is 13.2 Å². The van der Waals surface area contributed by atoms with Crippen LogP contribution in [0, 0.1) is 0 Å². The number of ether oxygens (including phenoxy) is 4. The van der Waals surface area contributed by atoms with Gasteiger partial charge in [-0.15, -0.1) is 24.0 Å². The highest BCUT2D eigenvalue weighted by molar-refractivity contribution is 14.0. The lowest BCUT2D eigenvalue weighted by molar-refractivity contribution is 0.0420. The minimum absolute atomic E-state index is 0. The van der Waals surface area contributed by atoms with Gasteiger partial charge in [-0.2, -0.15) is 0 Å². The van der Waals surface area contributed by atoms with E-state index in [0.717, 1.165) is 63.2 Å². The van der Waals surface area contributed by atoms with Crippen molar-refractivity contribution in [2.24, 2.45) is 4.99 Å². The van der Waals surface area contributed by atoms with E-state index in [1.54, 1.807) is 0 Å². The van der Waals surface area contributed by atoms with Crippen molar-refractivity contribution in [3.63, 3.8) is 0 Å². The summed E-state index contributed by atoms with van der Waals surface area (Å²) in [6, 6.07) is 6.18. The summed E-state index contributed by atoms with van der Waals surface area (Å²) >= 11 is 0. The molecule has 0 radical (unpaired) electrons. The molecule has 30 heavy (non-hydrogen) atoms. The zero-order valence-electron chi connectivity index (χ0n) is 18.4. The number of fused-ring (bicyclic) bond motifs is 1. The molecular weight excluding hydrogens is 497 g/mol. The van der Waals surface area contributed by atoms with Crippen LogP contribution in [0.4, 0.5) is 0 Å². The third-order valence-electron chi connectivity index (χ3n) is 5.16. The van der Waals surface area contributed by atoms with E-state index in [1.807, 2.05) is 6.07 Å². The van der Waals surface area contributed by atoms with Crippen LogP contribution in [0.1, 0.15) is 39.2 Å². The highest BCUT2D eigenvalue weighted by atomic mass is 127. The molecule has 1 unspecified atom stereocenters.